The van der Waals surface area contributed by atoms with Gasteiger partial charge in [0.05, 0.1) is 11.9 Å². The summed E-state index contributed by atoms with van der Waals surface area (Å²) in [6, 6.07) is 4.11. The second-order valence-electron chi connectivity index (χ2n) is 5.06. The van der Waals surface area contributed by atoms with Crippen molar-refractivity contribution >= 4 is 16.9 Å². The molecular formula is C15H17N5. The van der Waals surface area contributed by atoms with Gasteiger partial charge in [0.1, 0.15) is 17.8 Å². The molecule has 20 heavy (non-hydrogen) atoms. The first-order chi connectivity index (χ1) is 9.58. The molecule has 0 radical (unpaired) electrons. The van der Waals surface area contributed by atoms with E-state index in [0.29, 0.717) is 5.82 Å². The van der Waals surface area contributed by atoms with Gasteiger partial charge in [-0.3, -0.25) is 4.98 Å². The van der Waals surface area contributed by atoms with Crippen LogP contribution in [-0.4, -0.2) is 19.5 Å². The van der Waals surface area contributed by atoms with Gasteiger partial charge in [0.2, 0.25) is 0 Å². The number of fused-ring (bicyclic) bond motifs is 1. The fourth-order valence-electron chi connectivity index (χ4n) is 2.46. The van der Waals surface area contributed by atoms with Crippen molar-refractivity contribution in [2.75, 3.05) is 5.73 Å². The van der Waals surface area contributed by atoms with E-state index in [2.05, 4.69) is 39.4 Å². The van der Waals surface area contributed by atoms with Crippen LogP contribution in [0.15, 0.2) is 24.7 Å². The smallest absolute Gasteiger partial charge is 0.146 e. The minimum absolute atomic E-state index is 0.538. The van der Waals surface area contributed by atoms with Crippen molar-refractivity contribution < 1.29 is 0 Å². The summed E-state index contributed by atoms with van der Waals surface area (Å²) in [6.07, 6.45) is 3.42. The molecule has 0 aliphatic heterocycles. The van der Waals surface area contributed by atoms with Crippen LogP contribution >= 0.6 is 0 Å². The summed E-state index contributed by atoms with van der Waals surface area (Å²) in [5.41, 5.74) is 11.3. The Morgan fingerprint density at radius 1 is 1.10 bits per heavy atom. The zero-order valence-corrected chi connectivity index (χ0v) is 11.9. The Hall–Kier alpha value is -2.43. The standard InChI is InChI=1S/C15H17N5/c1-9-4-5-12(6-17-9)7-20-11(3)10(2)13-14(16)18-8-19-15(13)20/h4-6,8H,7H2,1-3H3,(H2,16,18,19). The Labute approximate surface area is 117 Å². The molecule has 3 rings (SSSR count). The van der Waals surface area contributed by atoms with Gasteiger partial charge in [-0.2, -0.15) is 0 Å². The van der Waals surface area contributed by atoms with E-state index in [4.69, 9.17) is 5.73 Å². The third-order valence-corrected chi connectivity index (χ3v) is 3.75. The van der Waals surface area contributed by atoms with E-state index in [0.717, 1.165) is 40.1 Å². The van der Waals surface area contributed by atoms with Gasteiger partial charge in [0, 0.05) is 17.6 Å². The lowest BCUT2D eigenvalue weighted by Gasteiger charge is -2.08. The summed E-state index contributed by atoms with van der Waals surface area (Å²) in [6.45, 7) is 6.86. The van der Waals surface area contributed by atoms with Crippen LogP contribution in [0.4, 0.5) is 5.82 Å². The van der Waals surface area contributed by atoms with Gasteiger partial charge in [0.15, 0.2) is 0 Å². The molecule has 0 fully saturated rings. The number of pyridine rings is 1. The zero-order chi connectivity index (χ0) is 14.3. The summed E-state index contributed by atoms with van der Waals surface area (Å²) < 4.78 is 2.16. The molecule has 3 aromatic heterocycles. The predicted octanol–water partition coefficient (Wildman–Crippen LogP) is 2.38. The molecule has 102 valence electrons. The highest BCUT2D eigenvalue weighted by Crippen LogP contribution is 2.27. The lowest BCUT2D eigenvalue weighted by molar-refractivity contribution is 0.785. The maximum atomic E-state index is 5.98. The quantitative estimate of drug-likeness (QED) is 0.774. The highest BCUT2D eigenvalue weighted by Gasteiger charge is 2.15. The minimum Gasteiger partial charge on any atom is -0.383 e. The van der Waals surface area contributed by atoms with Crippen LogP contribution in [0.2, 0.25) is 0 Å². The van der Waals surface area contributed by atoms with Crippen molar-refractivity contribution in [1.82, 2.24) is 19.5 Å². The fraction of sp³-hybridized carbons (Fsp3) is 0.267. The van der Waals surface area contributed by atoms with Crippen molar-refractivity contribution in [3.05, 3.63) is 47.2 Å². The van der Waals surface area contributed by atoms with Gasteiger partial charge in [-0.05, 0) is 38.0 Å². The van der Waals surface area contributed by atoms with Crippen LogP contribution < -0.4 is 5.73 Å². The molecule has 0 aromatic carbocycles. The number of anilines is 1. The SMILES string of the molecule is Cc1ccc(Cn2c(C)c(C)c3c(N)ncnc32)cn1. The highest BCUT2D eigenvalue weighted by atomic mass is 15.1. The molecular weight excluding hydrogens is 250 g/mol. The van der Waals surface area contributed by atoms with E-state index < -0.39 is 0 Å². The van der Waals surface area contributed by atoms with Crippen molar-refractivity contribution in [3.8, 4) is 0 Å². The molecule has 5 nitrogen and oxygen atoms in total. The number of aryl methyl sites for hydroxylation is 2. The number of hydrogen-bond donors (Lipinski definition) is 1. The maximum absolute atomic E-state index is 5.98. The molecule has 0 unspecified atom stereocenters. The molecule has 0 saturated carbocycles. The highest BCUT2D eigenvalue weighted by molar-refractivity contribution is 5.90. The third kappa shape index (κ3) is 1.91. The van der Waals surface area contributed by atoms with Crippen LogP contribution in [-0.2, 0) is 6.54 Å². The first-order valence-electron chi connectivity index (χ1n) is 6.55. The average molecular weight is 267 g/mol. The Morgan fingerprint density at radius 2 is 1.90 bits per heavy atom. The molecule has 0 spiro atoms. The number of nitrogens with two attached hydrogens (primary N) is 1. The van der Waals surface area contributed by atoms with Crippen molar-refractivity contribution in [2.24, 2.45) is 0 Å². The Morgan fingerprint density at radius 3 is 2.60 bits per heavy atom. The van der Waals surface area contributed by atoms with Crippen molar-refractivity contribution in [1.29, 1.82) is 0 Å². The van der Waals surface area contributed by atoms with E-state index in [9.17, 15) is 0 Å². The van der Waals surface area contributed by atoms with E-state index in [-0.39, 0.29) is 0 Å². The van der Waals surface area contributed by atoms with Gasteiger partial charge >= 0.3 is 0 Å². The first-order valence-corrected chi connectivity index (χ1v) is 6.55. The summed E-state index contributed by atoms with van der Waals surface area (Å²) in [5.74, 6) is 0.538. The van der Waals surface area contributed by atoms with Crippen LogP contribution in [0.25, 0.3) is 11.0 Å². The van der Waals surface area contributed by atoms with E-state index >= 15 is 0 Å². The average Bonchev–Trinajstić information content (AvgIpc) is 2.67. The predicted molar refractivity (Wildman–Crippen MR) is 79.5 cm³/mol. The van der Waals surface area contributed by atoms with Gasteiger partial charge < -0.3 is 10.3 Å². The number of hydrogen-bond acceptors (Lipinski definition) is 4. The lowest BCUT2D eigenvalue weighted by atomic mass is 10.2. The molecule has 3 heterocycles. The third-order valence-electron chi connectivity index (χ3n) is 3.75. The summed E-state index contributed by atoms with van der Waals surface area (Å²) >= 11 is 0. The van der Waals surface area contributed by atoms with Crippen molar-refractivity contribution in [3.63, 3.8) is 0 Å². The van der Waals surface area contributed by atoms with Crippen LogP contribution in [0.3, 0.4) is 0 Å². The van der Waals surface area contributed by atoms with Gasteiger partial charge in [-0.1, -0.05) is 6.07 Å². The molecule has 0 aliphatic carbocycles. The van der Waals surface area contributed by atoms with Crippen LogP contribution in [0.5, 0.6) is 0 Å². The fourth-order valence-corrected chi connectivity index (χ4v) is 2.46. The topological polar surface area (TPSA) is 69.6 Å². The second-order valence-corrected chi connectivity index (χ2v) is 5.06. The number of aromatic nitrogens is 4. The second kappa shape index (κ2) is 4.59. The molecule has 5 heteroatoms. The van der Waals surface area contributed by atoms with E-state index in [1.54, 1.807) is 0 Å². The molecule has 0 saturated heterocycles. The molecule has 0 amide bonds. The van der Waals surface area contributed by atoms with Gasteiger partial charge in [-0.15, -0.1) is 0 Å². The maximum Gasteiger partial charge on any atom is 0.146 e. The number of rotatable bonds is 2. The normalized spacial score (nSPS) is 11.2. The molecule has 0 atom stereocenters. The molecule has 0 bridgehead atoms. The van der Waals surface area contributed by atoms with Crippen LogP contribution in [0, 0.1) is 20.8 Å². The first kappa shape index (κ1) is 12.6. The molecule has 2 N–H and O–H groups in total. The summed E-state index contributed by atoms with van der Waals surface area (Å²) in [4.78, 5) is 12.8. The van der Waals surface area contributed by atoms with Crippen LogP contribution in [0.1, 0.15) is 22.5 Å². The number of nitrogen functional groups attached to an aromatic ring is 1. The lowest BCUT2D eigenvalue weighted by Crippen LogP contribution is -2.04. The summed E-state index contributed by atoms with van der Waals surface area (Å²) in [7, 11) is 0. The van der Waals surface area contributed by atoms with Gasteiger partial charge in [0.25, 0.3) is 0 Å². The molecule has 3 aromatic rings. The Kier molecular flexibility index (Phi) is 2.89. The Balaban J connectivity index is 2.14. The van der Waals surface area contributed by atoms with E-state index in [1.807, 2.05) is 19.2 Å². The zero-order valence-electron chi connectivity index (χ0n) is 11.9. The number of nitrogens with zero attached hydrogens (tertiary/aromatic N) is 4. The monoisotopic (exact) mass is 267 g/mol. The van der Waals surface area contributed by atoms with Gasteiger partial charge in [-0.25, -0.2) is 9.97 Å². The molecule has 0 aliphatic rings. The Bertz CT molecular complexity index is 771. The van der Waals surface area contributed by atoms with Crippen molar-refractivity contribution in [2.45, 2.75) is 27.3 Å². The van der Waals surface area contributed by atoms with E-state index in [1.165, 1.54) is 6.33 Å². The largest absolute Gasteiger partial charge is 0.383 e. The minimum atomic E-state index is 0.538. The summed E-state index contributed by atoms with van der Waals surface area (Å²) in [5, 5.41) is 0.949.